The lowest BCUT2D eigenvalue weighted by molar-refractivity contribution is -0.132. The second-order valence-electron chi connectivity index (χ2n) is 4.46. The predicted molar refractivity (Wildman–Crippen MR) is 79.8 cm³/mol. The second kappa shape index (κ2) is 7.78. The van der Waals surface area contributed by atoms with Crippen LogP contribution in [0, 0.1) is 6.92 Å². The van der Waals surface area contributed by atoms with E-state index < -0.39 is 5.97 Å². The fraction of sp³-hybridized carbons (Fsp3) is 0.429. The largest absolute Gasteiger partial charge is 0.424 e. The molecular weight excluding hydrogens is 292 g/mol. The SMILES string of the molecule is CC(=O)NCc1c(CSC(C)=O)cnc(C)c1OC(C)=O. The molecule has 1 rings (SSSR count). The second-order valence-corrected chi connectivity index (χ2v) is 5.61. The average Bonchev–Trinajstić information content (AvgIpc) is 2.37. The summed E-state index contributed by atoms with van der Waals surface area (Å²) in [7, 11) is 0. The molecule has 7 heteroatoms. The predicted octanol–water partition coefficient (Wildman–Crippen LogP) is 1.73. The number of rotatable bonds is 5. The number of nitrogens with one attached hydrogen (secondary N) is 1. The van der Waals surface area contributed by atoms with Gasteiger partial charge in [-0.1, -0.05) is 11.8 Å². The van der Waals surface area contributed by atoms with Gasteiger partial charge in [0.05, 0.1) is 5.69 Å². The topological polar surface area (TPSA) is 85.4 Å². The van der Waals surface area contributed by atoms with Crippen LogP contribution in [0.5, 0.6) is 5.75 Å². The van der Waals surface area contributed by atoms with Crippen LogP contribution in [0.4, 0.5) is 0 Å². The zero-order chi connectivity index (χ0) is 16.0. The van der Waals surface area contributed by atoms with Gasteiger partial charge in [0.1, 0.15) is 0 Å². The van der Waals surface area contributed by atoms with E-state index in [1.807, 2.05) is 0 Å². The first-order chi connectivity index (χ1) is 9.81. The van der Waals surface area contributed by atoms with Gasteiger partial charge >= 0.3 is 5.97 Å². The van der Waals surface area contributed by atoms with Crippen LogP contribution in [0.15, 0.2) is 6.20 Å². The molecule has 0 bridgehead atoms. The van der Waals surface area contributed by atoms with Crippen molar-refractivity contribution in [2.24, 2.45) is 0 Å². The summed E-state index contributed by atoms with van der Waals surface area (Å²) in [4.78, 5) is 37.7. The lowest BCUT2D eigenvalue weighted by Gasteiger charge is -2.15. The molecule has 1 N–H and O–H groups in total. The van der Waals surface area contributed by atoms with Gasteiger partial charge in [-0.3, -0.25) is 19.4 Å². The van der Waals surface area contributed by atoms with E-state index in [2.05, 4.69) is 10.3 Å². The maximum Gasteiger partial charge on any atom is 0.308 e. The molecule has 0 unspecified atom stereocenters. The van der Waals surface area contributed by atoms with Crippen molar-refractivity contribution >= 4 is 28.8 Å². The van der Waals surface area contributed by atoms with Crippen LogP contribution in [-0.4, -0.2) is 22.0 Å². The third kappa shape index (κ3) is 5.55. The van der Waals surface area contributed by atoms with Crippen LogP contribution in [0.2, 0.25) is 0 Å². The van der Waals surface area contributed by atoms with Crippen molar-refractivity contribution in [1.29, 1.82) is 0 Å². The normalized spacial score (nSPS) is 10.1. The molecule has 1 aromatic heterocycles. The van der Waals surface area contributed by atoms with Crippen molar-refractivity contribution in [3.8, 4) is 5.75 Å². The number of hydrogen-bond acceptors (Lipinski definition) is 6. The van der Waals surface area contributed by atoms with Crippen LogP contribution >= 0.6 is 11.8 Å². The molecule has 0 aliphatic heterocycles. The van der Waals surface area contributed by atoms with E-state index in [9.17, 15) is 14.4 Å². The average molecular weight is 310 g/mol. The summed E-state index contributed by atoms with van der Waals surface area (Å²) >= 11 is 1.13. The number of amides is 1. The summed E-state index contributed by atoms with van der Waals surface area (Å²) < 4.78 is 5.21. The third-order valence-electron chi connectivity index (χ3n) is 2.60. The lowest BCUT2D eigenvalue weighted by Crippen LogP contribution is -2.21. The van der Waals surface area contributed by atoms with Crippen molar-refractivity contribution in [1.82, 2.24) is 10.3 Å². The van der Waals surface area contributed by atoms with E-state index in [1.165, 1.54) is 20.8 Å². The fourth-order valence-electron chi connectivity index (χ4n) is 1.67. The first kappa shape index (κ1) is 17.2. The number of aryl methyl sites for hydroxylation is 1. The molecular formula is C14H18N2O4S. The van der Waals surface area contributed by atoms with Gasteiger partial charge in [0.15, 0.2) is 10.9 Å². The van der Waals surface area contributed by atoms with Gasteiger partial charge in [-0.15, -0.1) is 0 Å². The standard InChI is InChI=1S/C14H18N2O4S/c1-8-14(20-10(3)18)13(6-16-9(2)17)12(5-15-8)7-21-11(4)19/h5H,6-7H2,1-4H3,(H,16,17). The van der Waals surface area contributed by atoms with Crippen molar-refractivity contribution < 1.29 is 19.1 Å². The molecule has 0 fully saturated rings. The van der Waals surface area contributed by atoms with E-state index in [-0.39, 0.29) is 17.6 Å². The molecule has 0 atom stereocenters. The zero-order valence-electron chi connectivity index (χ0n) is 12.5. The first-order valence-electron chi connectivity index (χ1n) is 6.34. The number of esters is 1. The van der Waals surface area contributed by atoms with E-state index in [4.69, 9.17) is 4.74 Å². The van der Waals surface area contributed by atoms with Gasteiger partial charge in [-0.25, -0.2) is 0 Å². The maximum absolute atomic E-state index is 11.2. The Morgan fingerprint density at radius 3 is 2.48 bits per heavy atom. The number of carbonyl (C=O) groups is 3. The highest BCUT2D eigenvalue weighted by Gasteiger charge is 2.16. The Kier molecular flexibility index (Phi) is 6.36. The van der Waals surface area contributed by atoms with Gasteiger partial charge in [0, 0.05) is 44.8 Å². The van der Waals surface area contributed by atoms with E-state index in [1.54, 1.807) is 13.1 Å². The smallest absolute Gasteiger partial charge is 0.308 e. The molecule has 0 aliphatic rings. The summed E-state index contributed by atoms with van der Waals surface area (Å²) in [6.07, 6.45) is 1.63. The van der Waals surface area contributed by atoms with Crippen molar-refractivity contribution in [3.05, 3.63) is 23.0 Å². The lowest BCUT2D eigenvalue weighted by atomic mass is 10.1. The molecule has 21 heavy (non-hydrogen) atoms. The summed E-state index contributed by atoms with van der Waals surface area (Å²) in [5, 5.41) is 2.66. The molecule has 1 heterocycles. The minimum atomic E-state index is -0.458. The van der Waals surface area contributed by atoms with Crippen molar-refractivity contribution in [2.75, 3.05) is 0 Å². The van der Waals surface area contributed by atoms with Crippen LogP contribution in [0.1, 0.15) is 37.6 Å². The zero-order valence-corrected chi connectivity index (χ0v) is 13.3. The number of carbonyl (C=O) groups excluding carboxylic acids is 3. The molecule has 0 saturated heterocycles. The Bertz CT molecular complexity index is 572. The number of nitrogens with zero attached hydrogens (tertiary/aromatic N) is 1. The Morgan fingerprint density at radius 2 is 1.95 bits per heavy atom. The Labute approximate surface area is 127 Å². The Morgan fingerprint density at radius 1 is 1.29 bits per heavy atom. The molecule has 1 aromatic rings. The Balaban J connectivity index is 3.18. The fourth-order valence-corrected chi connectivity index (χ4v) is 2.27. The number of pyridine rings is 1. The number of aromatic nitrogens is 1. The Hall–Kier alpha value is -1.89. The highest BCUT2D eigenvalue weighted by atomic mass is 32.2. The van der Waals surface area contributed by atoms with Gasteiger partial charge < -0.3 is 10.1 Å². The number of hydrogen-bond donors (Lipinski definition) is 1. The van der Waals surface area contributed by atoms with Gasteiger partial charge in [-0.2, -0.15) is 0 Å². The summed E-state index contributed by atoms with van der Waals surface area (Å²) in [6, 6.07) is 0. The van der Waals surface area contributed by atoms with Gasteiger partial charge in [-0.05, 0) is 12.5 Å². The van der Waals surface area contributed by atoms with Crippen molar-refractivity contribution in [3.63, 3.8) is 0 Å². The molecule has 0 saturated carbocycles. The quantitative estimate of drug-likeness (QED) is 0.834. The summed E-state index contributed by atoms with van der Waals surface area (Å²) in [5.41, 5.74) is 1.98. The third-order valence-corrected chi connectivity index (χ3v) is 3.46. The van der Waals surface area contributed by atoms with Crippen LogP contribution < -0.4 is 10.1 Å². The number of ether oxygens (including phenoxy) is 1. The number of thioether (sulfide) groups is 1. The van der Waals surface area contributed by atoms with Crippen LogP contribution in [0.25, 0.3) is 0 Å². The summed E-state index contributed by atoms with van der Waals surface area (Å²) in [5.74, 6) is 0.105. The first-order valence-corrected chi connectivity index (χ1v) is 7.33. The monoisotopic (exact) mass is 310 g/mol. The minimum absolute atomic E-state index is 0.0184. The maximum atomic E-state index is 11.2. The molecule has 0 spiro atoms. The van der Waals surface area contributed by atoms with Gasteiger partial charge in [0.25, 0.3) is 0 Å². The highest BCUT2D eigenvalue weighted by molar-refractivity contribution is 8.12. The molecule has 0 radical (unpaired) electrons. The molecule has 114 valence electrons. The summed E-state index contributed by atoms with van der Waals surface area (Å²) in [6.45, 7) is 6.13. The van der Waals surface area contributed by atoms with E-state index in [0.717, 1.165) is 17.3 Å². The van der Waals surface area contributed by atoms with Gasteiger partial charge in [0.2, 0.25) is 5.91 Å². The highest BCUT2D eigenvalue weighted by Crippen LogP contribution is 2.28. The van der Waals surface area contributed by atoms with Crippen LogP contribution in [-0.2, 0) is 26.7 Å². The van der Waals surface area contributed by atoms with Crippen LogP contribution in [0.3, 0.4) is 0 Å². The minimum Gasteiger partial charge on any atom is -0.424 e. The molecule has 0 aromatic carbocycles. The molecule has 1 amide bonds. The van der Waals surface area contributed by atoms with E-state index >= 15 is 0 Å². The molecule has 6 nitrogen and oxygen atoms in total. The van der Waals surface area contributed by atoms with E-state index in [0.29, 0.717) is 22.8 Å². The van der Waals surface area contributed by atoms with Crippen molar-refractivity contribution in [2.45, 2.75) is 40.0 Å². The molecule has 0 aliphatic carbocycles.